The second-order valence-electron chi connectivity index (χ2n) is 13.8. The first-order valence-corrected chi connectivity index (χ1v) is 14.8. The van der Waals surface area contributed by atoms with E-state index < -0.39 is 12.0 Å². The van der Waals surface area contributed by atoms with Gasteiger partial charge in [0.2, 0.25) is 5.91 Å². The van der Waals surface area contributed by atoms with Crippen molar-refractivity contribution in [1.29, 1.82) is 0 Å². The first-order chi connectivity index (χ1) is 18.8. The van der Waals surface area contributed by atoms with E-state index in [1.807, 2.05) is 30.3 Å². The van der Waals surface area contributed by atoms with Gasteiger partial charge < -0.3 is 20.1 Å². The molecule has 6 heteroatoms. The summed E-state index contributed by atoms with van der Waals surface area (Å²) in [5, 5.41) is 14.5. The Morgan fingerprint density at radius 3 is 2.17 bits per heavy atom. The fourth-order valence-electron chi connectivity index (χ4n) is 6.87. The van der Waals surface area contributed by atoms with Crippen LogP contribution in [0.1, 0.15) is 96.4 Å². The third kappa shape index (κ3) is 6.22. The number of carboxylic acids is 1. The molecule has 0 bridgehead atoms. The molecule has 0 unspecified atom stereocenters. The van der Waals surface area contributed by atoms with E-state index in [1.54, 1.807) is 12.0 Å². The van der Waals surface area contributed by atoms with Crippen molar-refractivity contribution in [2.24, 2.45) is 17.3 Å². The van der Waals surface area contributed by atoms with Crippen molar-refractivity contribution >= 4 is 11.9 Å². The van der Waals surface area contributed by atoms with Crippen LogP contribution in [0.4, 0.5) is 0 Å². The van der Waals surface area contributed by atoms with Crippen LogP contribution in [0.2, 0.25) is 0 Å². The quantitative estimate of drug-likeness (QED) is 0.401. The Morgan fingerprint density at radius 2 is 1.62 bits per heavy atom. The number of rotatable bonds is 7. The second-order valence-corrected chi connectivity index (χ2v) is 13.8. The van der Waals surface area contributed by atoms with Crippen molar-refractivity contribution in [3.63, 3.8) is 0 Å². The Bertz CT molecular complexity index is 1170. The minimum atomic E-state index is -0.929. The summed E-state index contributed by atoms with van der Waals surface area (Å²) in [4.78, 5) is 29.0. The van der Waals surface area contributed by atoms with Gasteiger partial charge in [-0.05, 0) is 40.9 Å². The second kappa shape index (κ2) is 11.9. The molecule has 2 aromatic carbocycles. The van der Waals surface area contributed by atoms with Crippen LogP contribution in [-0.2, 0) is 21.5 Å². The number of carbonyl (C=O) groups excluding carboxylic acids is 1. The lowest BCUT2D eigenvalue weighted by atomic mass is 9.72. The van der Waals surface area contributed by atoms with Gasteiger partial charge in [-0.15, -0.1) is 0 Å². The number of methoxy groups -OCH3 is 1. The normalized spacial score (nSPS) is 24.2. The summed E-state index contributed by atoms with van der Waals surface area (Å²) in [6.07, 6.45) is 4.84. The molecule has 1 aliphatic heterocycles. The van der Waals surface area contributed by atoms with E-state index in [2.05, 4.69) is 65.1 Å². The number of ether oxygens (including phenoxy) is 1. The van der Waals surface area contributed by atoms with Crippen molar-refractivity contribution in [2.75, 3.05) is 7.11 Å². The first kappa shape index (κ1) is 30.1. The van der Waals surface area contributed by atoms with Crippen LogP contribution >= 0.6 is 0 Å². The van der Waals surface area contributed by atoms with Crippen LogP contribution in [-0.4, -0.2) is 41.1 Å². The topological polar surface area (TPSA) is 78.9 Å². The zero-order valence-electron chi connectivity index (χ0n) is 25.4. The number of nitrogens with one attached hydrogen (secondary N) is 1. The predicted molar refractivity (Wildman–Crippen MR) is 159 cm³/mol. The first-order valence-electron chi connectivity index (χ1n) is 14.8. The highest BCUT2D eigenvalue weighted by molar-refractivity contribution is 5.87. The van der Waals surface area contributed by atoms with E-state index in [9.17, 15) is 14.7 Å². The SMILES string of the molecule is COc1cc(C(C)(C)C)ccc1CN[C@H]1[C@H](C(C)(C)C)[C@@H](C(=O)O)N(C(=O)C2CCCCC2)[C@H]1c1ccccc1. The molecule has 0 aromatic heterocycles. The maximum Gasteiger partial charge on any atom is 0.326 e. The number of nitrogens with zero attached hydrogens (tertiary/aromatic N) is 1. The fourth-order valence-corrected chi connectivity index (χ4v) is 6.87. The Balaban J connectivity index is 1.78. The van der Waals surface area contributed by atoms with Gasteiger partial charge in [0.15, 0.2) is 0 Å². The molecule has 1 saturated carbocycles. The Labute approximate surface area is 240 Å². The van der Waals surface area contributed by atoms with Crippen LogP contribution in [0.15, 0.2) is 48.5 Å². The molecule has 2 N–H and O–H groups in total. The number of benzene rings is 2. The van der Waals surface area contributed by atoms with Gasteiger partial charge in [0, 0.05) is 30.0 Å². The predicted octanol–water partition coefficient (Wildman–Crippen LogP) is 6.73. The van der Waals surface area contributed by atoms with Crippen LogP contribution < -0.4 is 10.1 Å². The fraction of sp³-hybridized carbons (Fsp3) is 0.588. The summed E-state index contributed by atoms with van der Waals surface area (Å²) < 4.78 is 5.80. The lowest BCUT2D eigenvalue weighted by molar-refractivity contribution is -0.154. The molecule has 218 valence electrons. The van der Waals surface area contributed by atoms with Crippen LogP contribution in [0.5, 0.6) is 5.75 Å². The van der Waals surface area contributed by atoms with Gasteiger partial charge in [-0.25, -0.2) is 4.79 Å². The van der Waals surface area contributed by atoms with Crippen LogP contribution in [0.3, 0.4) is 0 Å². The maximum atomic E-state index is 14.2. The molecule has 2 fully saturated rings. The molecular formula is C34H48N2O4. The molecule has 1 amide bonds. The summed E-state index contributed by atoms with van der Waals surface area (Å²) in [5.41, 5.74) is 2.81. The average Bonchev–Trinajstić information content (AvgIpc) is 3.28. The summed E-state index contributed by atoms with van der Waals surface area (Å²) in [6.45, 7) is 13.3. The van der Waals surface area contributed by atoms with Gasteiger partial charge >= 0.3 is 5.97 Å². The van der Waals surface area contributed by atoms with Gasteiger partial charge in [0.1, 0.15) is 11.8 Å². The van der Waals surface area contributed by atoms with E-state index in [0.29, 0.717) is 6.54 Å². The number of likely N-dealkylation sites (tertiary alicyclic amines) is 1. The van der Waals surface area contributed by atoms with Crippen LogP contribution in [0.25, 0.3) is 0 Å². The van der Waals surface area contributed by atoms with Gasteiger partial charge in [0.05, 0.1) is 13.2 Å². The zero-order chi connectivity index (χ0) is 29.2. The number of carboxylic acid groups (broad SMARTS) is 1. The number of amides is 1. The monoisotopic (exact) mass is 548 g/mol. The molecule has 6 nitrogen and oxygen atoms in total. The van der Waals surface area contributed by atoms with Crippen molar-refractivity contribution in [1.82, 2.24) is 10.2 Å². The lowest BCUT2D eigenvalue weighted by Gasteiger charge is -2.36. The summed E-state index contributed by atoms with van der Waals surface area (Å²) >= 11 is 0. The van der Waals surface area contributed by atoms with Crippen molar-refractivity contribution in [3.05, 3.63) is 65.2 Å². The van der Waals surface area contributed by atoms with Gasteiger partial charge in [-0.2, -0.15) is 0 Å². The third-order valence-corrected chi connectivity index (χ3v) is 8.95. The van der Waals surface area contributed by atoms with Gasteiger partial charge in [-0.1, -0.05) is 103 Å². The molecule has 4 atom stereocenters. The van der Waals surface area contributed by atoms with Crippen molar-refractivity contribution in [2.45, 2.75) is 104 Å². The molecule has 40 heavy (non-hydrogen) atoms. The standard InChI is InChI=1S/C34H48N2O4/c1-33(2,3)25-19-18-24(26(20-25)40-7)21-35-28-27(34(4,5)6)30(32(38)39)36(29(28)22-14-10-8-11-15-22)31(37)23-16-12-9-13-17-23/h8,10-11,14-15,18-20,23,27-30,35H,9,12-13,16-17,21H2,1-7H3,(H,38,39)/t27-,28-,29-,30-/m0/s1. The molecule has 2 aromatic rings. The highest BCUT2D eigenvalue weighted by Gasteiger charge is 2.58. The number of carbonyl (C=O) groups is 2. The highest BCUT2D eigenvalue weighted by Crippen LogP contribution is 2.49. The summed E-state index contributed by atoms with van der Waals surface area (Å²) in [7, 11) is 1.69. The zero-order valence-corrected chi connectivity index (χ0v) is 25.4. The largest absolute Gasteiger partial charge is 0.496 e. The van der Waals surface area contributed by atoms with Gasteiger partial charge in [0.25, 0.3) is 0 Å². The van der Waals surface area contributed by atoms with E-state index in [4.69, 9.17) is 4.74 Å². The average molecular weight is 549 g/mol. The maximum absolute atomic E-state index is 14.2. The Hall–Kier alpha value is -2.86. The number of hydrogen-bond donors (Lipinski definition) is 2. The summed E-state index contributed by atoms with van der Waals surface area (Å²) in [6, 6.07) is 14.8. The Morgan fingerprint density at radius 1 is 0.975 bits per heavy atom. The number of aliphatic carboxylic acids is 1. The third-order valence-electron chi connectivity index (χ3n) is 8.95. The van der Waals surface area contributed by atoms with E-state index in [-0.39, 0.29) is 40.7 Å². The number of hydrogen-bond acceptors (Lipinski definition) is 4. The van der Waals surface area contributed by atoms with Crippen molar-refractivity contribution in [3.8, 4) is 5.75 Å². The summed E-state index contributed by atoms with van der Waals surface area (Å²) in [5.74, 6) is -0.548. The van der Waals surface area contributed by atoms with Gasteiger partial charge in [-0.3, -0.25) is 4.79 Å². The Kier molecular flexibility index (Phi) is 8.99. The molecule has 2 aliphatic rings. The molecular weight excluding hydrogens is 500 g/mol. The molecule has 1 heterocycles. The van der Waals surface area contributed by atoms with E-state index >= 15 is 0 Å². The van der Waals surface area contributed by atoms with Crippen LogP contribution in [0, 0.1) is 17.3 Å². The van der Waals surface area contributed by atoms with E-state index in [1.165, 1.54) is 5.56 Å². The minimum Gasteiger partial charge on any atom is -0.496 e. The molecule has 0 radical (unpaired) electrons. The minimum absolute atomic E-state index is 0.00484. The molecule has 0 spiro atoms. The van der Waals surface area contributed by atoms with Crippen molar-refractivity contribution < 1.29 is 19.4 Å². The molecule has 1 aliphatic carbocycles. The molecule has 1 saturated heterocycles. The highest BCUT2D eigenvalue weighted by atomic mass is 16.5. The lowest BCUT2D eigenvalue weighted by Crippen LogP contribution is -2.49. The smallest absolute Gasteiger partial charge is 0.326 e. The molecule has 4 rings (SSSR count). The van der Waals surface area contributed by atoms with E-state index in [0.717, 1.165) is 49.0 Å².